The van der Waals surface area contributed by atoms with E-state index in [0.29, 0.717) is 34.1 Å². The Morgan fingerprint density at radius 2 is 1.50 bits per heavy atom. The van der Waals surface area contributed by atoms with Gasteiger partial charge in [0.05, 0.1) is 44.7 Å². The summed E-state index contributed by atoms with van der Waals surface area (Å²) in [5, 5.41) is 11.2. The van der Waals surface area contributed by atoms with Gasteiger partial charge in [-0.05, 0) is 41.1 Å². The van der Waals surface area contributed by atoms with Crippen molar-refractivity contribution in [2.75, 3.05) is 35.5 Å². The Hall–Kier alpha value is -1.94. The minimum absolute atomic E-state index is 0.269. The van der Waals surface area contributed by atoms with Crippen molar-refractivity contribution in [3.63, 3.8) is 0 Å². The molecule has 0 spiro atoms. The van der Waals surface area contributed by atoms with Crippen molar-refractivity contribution in [2.24, 2.45) is 0 Å². The average Bonchev–Trinajstić information content (AvgIpc) is 2.65. The highest BCUT2D eigenvalue weighted by atomic mass is 127. The molecule has 0 saturated carbocycles. The minimum atomic E-state index is -1.11. The van der Waals surface area contributed by atoms with E-state index in [1.807, 2.05) is 6.92 Å². The second kappa shape index (κ2) is 8.63. The lowest BCUT2D eigenvalue weighted by Gasteiger charge is -2.24. The highest BCUT2D eigenvalue weighted by Crippen LogP contribution is 2.48. The molecule has 2 rings (SSSR count). The highest BCUT2D eigenvalue weighted by molar-refractivity contribution is 14.1. The molecule has 0 amide bonds. The van der Waals surface area contributed by atoms with Crippen LogP contribution in [0.1, 0.15) is 22.8 Å². The number of benzene rings is 1. The van der Waals surface area contributed by atoms with Crippen LogP contribution in [0.3, 0.4) is 0 Å². The smallest absolute Gasteiger partial charge is 0.223 e. The molecule has 142 valence electrons. The van der Waals surface area contributed by atoms with Crippen LogP contribution in [0, 0.1) is 10.5 Å². The predicted molar refractivity (Wildman–Crippen MR) is 105 cm³/mol. The topological polar surface area (TPSA) is 79.3 Å². The SMILES string of the molecule is COc1cc(C)c(C(O)c2c(OC)ncc(I)c2OC)c(OC)c1OC. The summed E-state index contributed by atoms with van der Waals surface area (Å²) in [5.41, 5.74) is 1.69. The summed E-state index contributed by atoms with van der Waals surface area (Å²) >= 11 is 2.09. The number of ether oxygens (including phenoxy) is 5. The molecular formula is C18H22INO6. The molecule has 1 aromatic carbocycles. The molecule has 1 aromatic heterocycles. The molecule has 0 aliphatic rings. The van der Waals surface area contributed by atoms with Crippen LogP contribution in [0.2, 0.25) is 0 Å². The van der Waals surface area contributed by atoms with E-state index in [1.54, 1.807) is 19.4 Å². The number of aryl methyl sites for hydroxylation is 1. The van der Waals surface area contributed by atoms with Crippen molar-refractivity contribution < 1.29 is 28.8 Å². The fourth-order valence-corrected chi connectivity index (χ4v) is 3.52. The van der Waals surface area contributed by atoms with Gasteiger partial charge in [-0.15, -0.1) is 0 Å². The molecule has 1 heterocycles. The average molecular weight is 475 g/mol. The number of hydrogen-bond acceptors (Lipinski definition) is 7. The normalized spacial score (nSPS) is 11.7. The van der Waals surface area contributed by atoms with Gasteiger partial charge in [0.1, 0.15) is 11.9 Å². The number of nitrogens with zero attached hydrogens (tertiary/aromatic N) is 1. The second-order valence-corrected chi connectivity index (χ2v) is 6.50. The van der Waals surface area contributed by atoms with E-state index in [2.05, 4.69) is 27.6 Å². The fraction of sp³-hybridized carbons (Fsp3) is 0.389. The van der Waals surface area contributed by atoms with Crippen molar-refractivity contribution in [1.29, 1.82) is 0 Å². The number of hydrogen-bond donors (Lipinski definition) is 1. The van der Waals surface area contributed by atoms with Crippen LogP contribution in [0.25, 0.3) is 0 Å². The number of aromatic nitrogens is 1. The van der Waals surface area contributed by atoms with Gasteiger partial charge in [0.2, 0.25) is 11.6 Å². The number of methoxy groups -OCH3 is 5. The van der Waals surface area contributed by atoms with E-state index < -0.39 is 6.10 Å². The van der Waals surface area contributed by atoms with E-state index in [-0.39, 0.29) is 5.88 Å². The number of halogens is 1. The third-order valence-corrected chi connectivity index (χ3v) is 4.78. The van der Waals surface area contributed by atoms with Gasteiger partial charge in [-0.3, -0.25) is 0 Å². The maximum Gasteiger partial charge on any atom is 0.223 e. The van der Waals surface area contributed by atoms with Gasteiger partial charge in [-0.25, -0.2) is 4.98 Å². The number of aliphatic hydroxyl groups excluding tert-OH is 1. The van der Waals surface area contributed by atoms with E-state index >= 15 is 0 Å². The Bertz CT molecular complexity index is 796. The van der Waals surface area contributed by atoms with Gasteiger partial charge >= 0.3 is 0 Å². The maximum absolute atomic E-state index is 11.2. The lowest BCUT2D eigenvalue weighted by Crippen LogP contribution is -2.11. The molecule has 7 nitrogen and oxygen atoms in total. The first-order valence-corrected chi connectivity index (χ1v) is 8.76. The molecule has 1 atom stereocenters. The fourth-order valence-electron chi connectivity index (χ4n) is 2.87. The van der Waals surface area contributed by atoms with E-state index in [4.69, 9.17) is 23.7 Å². The molecule has 1 unspecified atom stereocenters. The van der Waals surface area contributed by atoms with Crippen molar-refractivity contribution in [3.8, 4) is 28.9 Å². The van der Waals surface area contributed by atoms with Gasteiger partial charge in [0, 0.05) is 11.8 Å². The molecule has 1 N–H and O–H groups in total. The lowest BCUT2D eigenvalue weighted by atomic mass is 9.95. The molecule has 0 fully saturated rings. The third-order valence-electron chi connectivity index (χ3n) is 4.01. The van der Waals surface area contributed by atoms with Crippen molar-refractivity contribution >= 4 is 22.6 Å². The summed E-state index contributed by atoms with van der Waals surface area (Å²) < 4.78 is 27.9. The Kier molecular flexibility index (Phi) is 6.76. The lowest BCUT2D eigenvalue weighted by molar-refractivity contribution is 0.199. The number of pyridine rings is 1. The van der Waals surface area contributed by atoms with Crippen LogP contribution < -0.4 is 23.7 Å². The summed E-state index contributed by atoms with van der Waals surface area (Å²) in [7, 11) is 7.59. The molecule has 0 aliphatic heterocycles. The molecule has 0 radical (unpaired) electrons. The minimum Gasteiger partial charge on any atom is -0.495 e. The van der Waals surface area contributed by atoms with Crippen LogP contribution >= 0.6 is 22.6 Å². The van der Waals surface area contributed by atoms with Gasteiger partial charge in [-0.2, -0.15) is 0 Å². The van der Waals surface area contributed by atoms with Gasteiger partial charge in [-0.1, -0.05) is 0 Å². The Morgan fingerprint density at radius 1 is 0.885 bits per heavy atom. The number of aliphatic hydroxyl groups is 1. The van der Waals surface area contributed by atoms with Gasteiger partial charge in [0.15, 0.2) is 11.5 Å². The summed E-state index contributed by atoms with van der Waals surface area (Å²) in [6.07, 6.45) is 0.504. The predicted octanol–water partition coefficient (Wildman–Crippen LogP) is 3.12. The molecule has 0 saturated heterocycles. The van der Waals surface area contributed by atoms with E-state index in [0.717, 1.165) is 9.13 Å². The zero-order valence-electron chi connectivity index (χ0n) is 15.5. The van der Waals surface area contributed by atoms with Crippen LogP contribution in [-0.4, -0.2) is 45.6 Å². The molecular weight excluding hydrogens is 453 g/mol. The van der Waals surface area contributed by atoms with Crippen molar-refractivity contribution in [1.82, 2.24) is 4.98 Å². The largest absolute Gasteiger partial charge is 0.495 e. The number of rotatable bonds is 7. The van der Waals surface area contributed by atoms with Gasteiger partial charge in [0.25, 0.3) is 0 Å². The van der Waals surface area contributed by atoms with Crippen LogP contribution in [0.5, 0.6) is 28.9 Å². The van der Waals surface area contributed by atoms with Crippen LogP contribution in [0.4, 0.5) is 0 Å². The second-order valence-electron chi connectivity index (χ2n) is 5.34. The quantitative estimate of drug-likeness (QED) is 0.617. The van der Waals surface area contributed by atoms with Gasteiger partial charge < -0.3 is 28.8 Å². The van der Waals surface area contributed by atoms with Crippen LogP contribution in [-0.2, 0) is 0 Å². The molecule has 2 aromatic rings. The zero-order chi connectivity index (χ0) is 19.4. The highest BCUT2D eigenvalue weighted by Gasteiger charge is 2.30. The monoisotopic (exact) mass is 475 g/mol. The first kappa shape index (κ1) is 20.4. The van der Waals surface area contributed by atoms with Crippen molar-refractivity contribution in [3.05, 3.63) is 32.5 Å². The molecule has 8 heteroatoms. The Labute approximate surface area is 166 Å². The standard InChI is InChI=1S/C18H22INO6/c1-9-7-11(22-2)16(24-4)17(25-5)12(9)14(21)13-15(23-3)10(19)8-20-18(13)26-6/h7-8,14,21H,1-6H3. The summed E-state index contributed by atoms with van der Waals surface area (Å²) in [4.78, 5) is 4.25. The maximum atomic E-state index is 11.2. The third kappa shape index (κ3) is 3.48. The van der Waals surface area contributed by atoms with E-state index in [1.165, 1.54) is 28.4 Å². The summed E-state index contributed by atoms with van der Waals surface area (Å²) in [5.74, 6) is 2.04. The molecule has 26 heavy (non-hydrogen) atoms. The van der Waals surface area contributed by atoms with Crippen molar-refractivity contribution in [2.45, 2.75) is 13.0 Å². The Balaban J connectivity index is 2.79. The summed E-state index contributed by atoms with van der Waals surface area (Å²) in [6, 6.07) is 1.78. The zero-order valence-corrected chi connectivity index (χ0v) is 17.7. The Morgan fingerprint density at radius 3 is 2.00 bits per heavy atom. The first-order chi connectivity index (χ1) is 12.4. The van der Waals surface area contributed by atoms with Crippen LogP contribution in [0.15, 0.2) is 12.3 Å². The summed E-state index contributed by atoms with van der Waals surface area (Å²) in [6.45, 7) is 1.85. The molecule has 0 bridgehead atoms. The van der Waals surface area contributed by atoms with E-state index in [9.17, 15) is 5.11 Å². The molecule has 0 aliphatic carbocycles. The first-order valence-electron chi connectivity index (χ1n) is 7.68.